The molecule has 13 aromatic carbocycles. The van der Waals surface area contributed by atoms with Crippen molar-refractivity contribution < 1.29 is 0 Å². The lowest BCUT2D eigenvalue weighted by molar-refractivity contribution is 1.22. The number of para-hydroxylation sites is 9. The number of benzene rings is 13. The zero-order chi connectivity index (χ0) is 56.7. The van der Waals surface area contributed by atoms with Crippen LogP contribution < -0.4 is 57.3 Å². The smallest absolute Gasteiger partial charge is 0.252 e. The third-order valence-electron chi connectivity index (χ3n) is 17.6. The zero-order valence-electron chi connectivity index (χ0n) is 46.9. The van der Waals surface area contributed by atoms with Crippen molar-refractivity contribution in [3.05, 3.63) is 322 Å². The third kappa shape index (κ3) is 8.05. The van der Waals surface area contributed by atoms with Gasteiger partial charge in [-0.05, 0) is 154 Å². The minimum Gasteiger partial charge on any atom is -0.311 e. The monoisotopic (exact) mass is 1110 g/mol. The Labute approximate surface area is 507 Å². The van der Waals surface area contributed by atoms with E-state index in [-0.39, 0.29) is 13.4 Å². The summed E-state index contributed by atoms with van der Waals surface area (Å²) in [5.74, 6) is 0. The number of hydrogen-bond donors (Lipinski definition) is 0. The first-order chi connectivity index (χ1) is 42.7. The maximum absolute atomic E-state index is 2.64. The summed E-state index contributed by atoms with van der Waals surface area (Å²) < 4.78 is 0. The highest BCUT2D eigenvalue weighted by molar-refractivity contribution is 8.00. The third-order valence-corrected chi connectivity index (χ3v) is 18.7. The van der Waals surface area contributed by atoms with Gasteiger partial charge >= 0.3 is 0 Å². The van der Waals surface area contributed by atoms with Crippen LogP contribution in [0.4, 0.5) is 85.3 Å². The maximum Gasteiger partial charge on any atom is 0.252 e. The number of nitrogens with zero attached hydrogens (tertiary/aromatic N) is 5. The van der Waals surface area contributed by atoms with Crippen LogP contribution in [0.15, 0.2) is 331 Å². The van der Waals surface area contributed by atoms with Crippen LogP contribution in [-0.4, -0.2) is 13.4 Å². The molecule has 0 N–H and O–H groups in total. The second-order valence-corrected chi connectivity index (χ2v) is 23.5. The Morgan fingerprint density at radius 2 is 0.628 bits per heavy atom. The first-order valence-electron chi connectivity index (χ1n) is 29.6. The van der Waals surface area contributed by atoms with Gasteiger partial charge in [-0.3, -0.25) is 0 Å². The van der Waals surface area contributed by atoms with E-state index in [1.807, 2.05) is 11.8 Å². The summed E-state index contributed by atoms with van der Waals surface area (Å²) >= 11 is 1.91. The molecule has 0 atom stereocenters. The van der Waals surface area contributed by atoms with Crippen molar-refractivity contribution in [1.82, 2.24) is 0 Å². The highest BCUT2D eigenvalue weighted by Crippen LogP contribution is 2.52. The molecule has 0 radical (unpaired) electrons. The second-order valence-electron chi connectivity index (χ2n) is 22.4. The summed E-state index contributed by atoms with van der Waals surface area (Å²) in [6.45, 7) is -0.210. The molecule has 0 saturated heterocycles. The van der Waals surface area contributed by atoms with Gasteiger partial charge in [-0.15, -0.1) is 0 Å². The van der Waals surface area contributed by atoms with Gasteiger partial charge in [-0.25, -0.2) is 0 Å². The normalized spacial score (nSPS) is 13.0. The minimum atomic E-state index is -0.134. The van der Waals surface area contributed by atoms with Gasteiger partial charge in [0.2, 0.25) is 6.71 Å². The summed E-state index contributed by atoms with van der Waals surface area (Å²) in [7, 11) is 0. The van der Waals surface area contributed by atoms with Crippen LogP contribution >= 0.6 is 11.8 Å². The predicted octanol–water partition coefficient (Wildman–Crippen LogP) is 17.1. The molecule has 86 heavy (non-hydrogen) atoms. The Balaban J connectivity index is 0.974. The van der Waals surface area contributed by atoms with Gasteiger partial charge in [0.25, 0.3) is 6.71 Å². The highest BCUT2D eigenvalue weighted by atomic mass is 32.2. The average molecular weight is 1110 g/mol. The van der Waals surface area contributed by atoms with E-state index < -0.39 is 0 Å². The molecule has 8 heteroatoms. The van der Waals surface area contributed by atoms with Gasteiger partial charge in [0.05, 0.1) is 11.4 Å². The number of anilines is 15. The molecule has 0 unspecified atom stereocenters. The molecule has 17 rings (SSSR count). The summed E-state index contributed by atoms with van der Waals surface area (Å²) in [5, 5.41) is 0. The molecule has 13 aromatic rings. The van der Waals surface area contributed by atoms with E-state index in [2.05, 4.69) is 346 Å². The van der Waals surface area contributed by atoms with Gasteiger partial charge in [0.15, 0.2) is 0 Å². The van der Waals surface area contributed by atoms with Gasteiger partial charge in [-0.1, -0.05) is 217 Å². The summed E-state index contributed by atoms with van der Waals surface area (Å²) in [5.41, 5.74) is 26.9. The Morgan fingerprint density at radius 1 is 0.244 bits per heavy atom. The standard InChI is InChI=1S/C78H53B2N5S/c1-8-28-54(29-9-1)63-42-22-25-45-68(63)85-71-53-75-67(80-65-44-24-27-47-70(65)84(60-40-20-7-21-41-60)74-50-62(51-76(86-75)78(74)80)82(57-34-14-4-15-35-57)58-36-16-5-17-37-58)52-66(71)79-64-43-23-26-46-69(64)83(59-38-18-6-19-39-59)72-48-61(49-73(85)77(72)79)81(55-30-10-2-11-31-55)56-32-12-3-13-33-56/h1-53H. The Bertz CT molecular complexity index is 4630. The second kappa shape index (κ2) is 20.6. The lowest BCUT2D eigenvalue weighted by atomic mass is 9.31. The van der Waals surface area contributed by atoms with E-state index in [0.29, 0.717) is 0 Å². The Kier molecular flexibility index (Phi) is 12.0. The fourth-order valence-corrected chi connectivity index (χ4v) is 15.3. The largest absolute Gasteiger partial charge is 0.311 e. The van der Waals surface area contributed by atoms with Crippen molar-refractivity contribution >= 4 is 143 Å². The fourth-order valence-electron chi connectivity index (χ4n) is 14.1. The first kappa shape index (κ1) is 49.9. The molecular formula is C78H53B2N5S. The molecule has 0 aromatic heterocycles. The van der Waals surface area contributed by atoms with Crippen molar-refractivity contribution in [2.45, 2.75) is 9.79 Å². The molecule has 5 nitrogen and oxygen atoms in total. The molecule has 0 aliphatic carbocycles. The van der Waals surface area contributed by atoms with Gasteiger partial charge in [0, 0.05) is 89.3 Å². The molecule has 402 valence electrons. The number of fused-ring (bicyclic) bond motifs is 8. The lowest BCUT2D eigenvalue weighted by Crippen LogP contribution is -2.64. The summed E-state index contributed by atoms with van der Waals surface area (Å²) in [6, 6.07) is 119. The quantitative estimate of drug-likeness (QED) is 0.126. The van der Waals surface area contributed by atoms with E-state index >= 15 is 0 Å². The topological polar surface area (TPSA) is 16.2 Å². The lowest BCUT2D eigenvalue weighted by Gasteiger charge is -2.46. The van der Waals surface area contributed by atoms with Crippen LogP contribution in [0.1, 0.15) is 0 Å². The first-order valence-corrected chi connectivity index (χ1v) is 30.4. The molecule has 0 bridgehead atoms. The van der Waals surface area contributed by atoms with Crippen LogP contribution in [0.2, 0.25) is 0 Å². The molecular weight excluding hydrogens is 1060 g/mol. The number of hydrogen-bond acceptors (Lipinski definition) is 6. The molecule has 4 aliphatic rings. The Hall–Kier alpha value is -10.7. The van der Waals surface area contributed by atoms with E-state index in [0.717, 1.165) is 73.7 Å². The van der Waals surface area contributed by atoms with Crippen molar-refractivity contribution in [3.8, 4) is 11.1 Å². The Morgan fingerprint density at radius 3 is 1.13 bits per heavy atom. The van der Waals surface area contributed by atoms with Crippen LogP contribution in [0, 0.1) is 0 Å². The minimum absolute atomic E-state index is 0.0769. The van der Waals surface area contributed by atoms with Gasteiger partial charge in [-0.2, -0.15) is 0 Å². The molecule has 0 saturated carbocycles. The van der Waals surface area contributed by atoms with Crippen molar-refractivity contribution in [2.24, 2.45) is 0 Å². The van der Waals surface area contributed by atoms with Gasteiger partial charge in [0.1, 0.15) is 0 Å². The molecule has 4 aliphatic heterocycles. The van der Waals surface area contributed by atoms with Crippen molar-refractivity contribution in [3.63, 3.8) is 0 Å². The SMILES string of the molecule is c1ccc(-c2ccccc2N2c3cc4c(cc3B3c5ccccc5N(c5ccccc5)c5cc(N(c6ccccc6)c6ccccc6)cc2c53)B2c3ccccc3N(c3ccccc3)c3cc(N(c5ccccc5)c5ccccc5)cc(c32)S4)cc1. The van der Waals surface area contributed by atoms with E-state index in [1.165, 1.54) is 65.3 Å². The van der Waals surface area contributed by atoms with E-state index in [4.69, 9.17) is 0 Å². The van der Waals surface area contributed by atoms with Crippen molar-refractivity contribution in [1.29, 1.82) is 0 Å². The van der Waals surface area contributed by atoms with E-state index in [1.54, 1.807) is 0 Å². The van der Waals surface area contributed by atoms with E-state index in [9.17, 15) is 0 Å². The average Bonchev–Trinajstić information content (AvgIpc) is 0.812. The molecule has 0 amide bonds. The predicted molar refractivity (Wildman–Crippen MR) is 365 cm³/mol. The maximum atomic E-state index is 2.64. The zero-order valence-corrected chi connectivity index (χ0v) is 47.7. The van der Waals surface area contributed by atoms with Crippen LogP contribution in [-0.2, 0) is 0 Å². The molecule has 0 fully saturated rings. The summed E-state index contributed by atoms with van der Waals surface area (Å²) in [4.78, 5) is 15.0. The summed E-state index contributed by atoms with van der Waals surface area (Å²) in [6.07, 6.45) is 0. The van der Waals surface area contributed by atoms with Gasteiger partial charge < -0.3 is 24.5 Å². The van der Waals surface area contributed by atoms with Crippen LogP contribution in [0.25, 0.3) is 11.1 Å². The van der Waals surface area contributed by atoms with Crippen LogP contribution in [0.5, 0.6) is 0 Å². The number of rotatable bonds is 10. The molecule has 0 spiro atoms. The van der Waals surface area contributed by atoms with Crippen molar-refractivity contribution in [2.75, 3.05) is 24.5 Å². The highest BCUT2D eigenvalue weighted by Gasteiger charge is 2.48. The fraction of sp³-hybridized carbons (Fsp3) is 0. The molecule has 4 heterocycles. The van der Waals surface area contributed by atoms with Crippen LogP contribution in [0.3, 0.4) is 0 Å².